The Morgan fingerprint density at radius 1 is 1.31 bits per heavy atom. The Morgan fingerprint density at radius 3 is 2.88 bits per heavy atom. The quantitative estimate of drug-likeness (QED) is 0.494. The molecule has 3 aromatic rings. The first-order valence-corrected chi connectivity index (χ1v) is 10.5. The van der Waals surface area contributed by atoms with Crippen molar-refractivity contribution in [3.63, 3.8) is 0 Å². The fraction of sp³-hybridized carbons (Fsp3) is 0.368. The highest BCUT2D eigenvalue weighted by Crippen LogP contribution is 2.39. The van der Waals surface area contributed by atoms with Gasteiger partial charge in [-0.1, -0.05) is 37.2 Å². The number of nitrogens with zero attached hydrogens (tertiary/aromatic N) is 2. The Labute approximate surface area is 160 Å². The minimum absolute atomic E-state index is 0.228. The second-order valence-electron chi connectivity index (χ2n) is 6.42. The molecule has 1 aliphatic rings. The molecule has 1 aliphatic heterocycles. The zero-order chi connectivity index (χ0) is 18.1. The number of hydrogen-bond donors (Lipinski definition) is 1. The normalized spacial score (nSPS) is 16.8. The van der Waals surface area contributed by atoms with Crippen molar-refractivity contribution >= 4 is 39.1 Å². The van der Waals surface area contributed by atoms with E-state index in [1.165, 1.54) is 34.3 Å². The van der Waals surface area contributed by atoms with E-state index in [0.29, 0.717) is 23.3 Å². The molecule has 0 fully saturated rings. The third-order valence-electron chi connectivity index (χ3n) is 4.52. The van der Waals surface area contributed by atoms with E-state index in [9.17, 15) is 4.39 Å². The maximum absolute atomic E-state index is 13.0. The number of fused-ring (bicyclic) bond motifs is 3. The summed E-state index contributed by atoms with van der Waals surface area (Å²) in [5, 5.41) is 1.66. The average Bonchev–Trinajstić information content (AvgIpc) is 3.00. The molecule has 0 amide bonds. The highest BCUT2D eigenvalue weighted by atomic mass is 32.2. The van der Waals surface area contributed by atoms with Gasteiger partial charge in [0.25, 0.3) is 0 Å². The molecule has 136 valence electrons. The predicted molar refractivity (Wildman–Crippen MR) is 105 cm³/mol. The van der Waals surface area contributed by atoms with Gasteiger partial charge in [0.1, 0.15) is 16.5 Å². The van der Waals surface area contributed by atoms with Crippen LogP contribution in [0.4, 0.5) is 10.2 Å². The maximum Gasteiger partial charge on any atom is 0.191 e. The van der Waals surface area contributed by atoms with Gasteiger partial charge in [-0.25, -0.2) is 14.4 Å². The van der Waals surface area contributed by atoms with E-state index >= 15 is 0 Å². The van der Waals surface area contributed by atoms with E-state index < -0.39 is 0 Å². The number of halogens is 1. The summed E-state index contributed by atoms with van der Waals surface area (Å²) in [5.74, 6) is 0.998. The van der Waals surface area contributed by atoms with Crippen LogP contribution in [0.1, 0.15) is 35.8 Å². The molecule has 0 radical (unpaired) electrons. The van der Waals surface area contributed by atoms with Crippen molar-refractivity contribution in [3.8, 4) is 0 Å². The van der Waals surface area contributed by atoms with E-state index in [-0.39, 0.29) is 11.9 Å². The molecule has 2 aromatic heterocycles. The lowest BCUT2D eigenvalue weighted by Gasteiger charge is -2.22. The molecular formula is C19H20FN3OS2. The largest absolute Gasteiger partial charge is 0.383 e. The highest BCUT2D eigenvalue weighted by Gasteiger charge is 2.25. The highest BCUT2D eigenvalue weighted by molar-refractivity contribution is 7.98. The molecule has 0 bridgehead atoms. The molecule has 4 rings (SSSR count). The number of nitrogen functional groups attached to an aromatic ring is 1. The van der Waals surface area contributed by atoms with Gasteiger partial charge < -0.3 is 10.5 Å². The van der Waals surface area contributed by atoms with Crippen LogP contribution in [0.25, 0.3) is 10.2 Å². The SMILES string of the molecule is CCC[C@H]1Cc2c(sc3nc(SCc4ccc(F)cc4)nc(N)c23)CO1. The molecular weight excluding hydrogens is 369 g/mol. The standard InChI is InChI=1S/C19H20FN3OS2/c1-2-3-13-8-14-15(9-24-13)26-18-16(14)17(21)22-19(23-18)25-10-11-4-6-12(20)7-5-11/h4-7,13H,2-3,8-10H2,1H3,(H2,21,22,23)/t13-/m0/s1. The number of ether oxygens (including phenoxy) is 1. The summed E-state index contributed by atoms with van der Waals surface area (Å²) >= 11 is 3.17. The smallest absolute Gasteiger partial charge is 0.191 e. The molecule has 26 heavy (non-hydrogen) atoms. The lowest BCUT2D eigenvalue weighted by atomic mass is 10.0. The Morgan fingerprint density at radius 2 is 2.12 bits per heavy atom. The van der Waals surface area contributed by atoms with Crippen LogP contribution in [-0.2, 0) is 23.5 Å². The number of nitrogens with two attached hydrogens (primary N) is 1. The zero-order valence-electron chi connectivity index (χ0n) is 14.5. The molecule has 0 saturated heterocycles. The molecule has 2 N–H and O–H groups in total. The first kappa shape index (κ1) is 17.7. The van der Waals surface area contributed by atoms with E-state index in [1.807, 2.05) is 0 Å². The van der Waals surface area contributed by atoms with Crippen LogP contribution in [0.2, 0.25) is 0 Å². The Balaban J connectivity index is 1.58. The fourth-order valence-corrected chi connectivity index (χ4v) is 5.22. The van der Waals surface area contributed by atoms with Gasteiger partial charge in [0.15, 0.2) is 5.16 Å². The Hall–Kier alpha value is -1.70. The Bertz CT molecular complexity index is 927. The minimum atomic E-state index is -0.228. The maximum atomic E-state index is 13.0. The number of anilines is 1. The lowest BCUT2D eigenvalue weighted by Crippen LogP contribution is -2.21. The summed E-state index contributed by atoms with van der Waals surface area (Å²) < 4.78 is 19.0. The summed E-state index contributed by atoms with van der Waals surface area (Å²) in [5.41, 5.74) is 8.58. The summed E-state index contributed by atoms with van der Waals surface area (Å²) in [4.78, 5) is 11.4. The van der Waals surface area contributed by atoms with Gasteiger partial charge in [0.05, 0.1) is 18.1 Å². The van der Waals surface area contributed by atoms with Gasteiger partial charge in [0.2, 0.25) is 0 Å². The van der Waals surface area contributed by atoms with Crippen LogP contribution in [0.15, 0.2) is 29.4 Å². The second-order valence-corrected chi connectivity index (χ2v) is 8.44. The summed E-state index contributed by atoms with van der Waals surface area (Å²) in [7, 11) is 0. The summed E-state index contributed by atoms with van der Waals surface area (Å²) in [6.07, 6.45) is 3.32. The predicted octanol–water partition coefficient (Wildman–Crippen LogP) is 4.95. The van der Waals surface area contributed by atoms with Crippen molar-refractivity contribution in [2.24, 2.45) is 0 Å². The number of thiophene rings is 1. The number of benzene rings is 1. The Kier molecular flexibility index (Phi) is 5.11. The third-order valence-corrected chi connectivity index (χ3v) is 6.53. The van der Waals surface area contributed by atoms with E-state index in [1.54, 1.807) is 23.5 Å². The molecule has 0 saturated carbocycles. The minimum Gasteiger partial charge on any atom is -0.383 e. The van der Waals surface area contributed by atoms with Gasteiger partial charge in [-0.15, -0.1) is 11.3 Å². The van der Waals surface area contributed by atoms with Crippen LogP contribution >= 0.6 is 23.1 Å². The monoisotopic (exact) mass is 389 g/mol. The molecule has 4 nitrogen and oxygen atoms in total. The molecule has 1 atom stereocenters. The van der Waals surface area contributed by atoms with E-state index in [0.717, 1.165) is 35.0 Å². The zero-order valence-corrected chi connectivity index (χ0v) is 16.1. The van der Waals surface area contributed by atoms with Gasteiger partial charge in [-0.2, -0.15) is 0 Å². The number of rotatable bonds is 5. The van der Waals surface area contributed by atoms with Crippen molar-refractivity contribution in [1.29, 1.82) is 0 Å². The van der Waals surface area contributed by atoms with Crippen LogP contribution in [0, 0.1) is 5.82 Å². The molecule has 0 aliphatic carbocycles. The van der Waals surface area contributed by atoms with Crippen molar-refractivity contribution in [1.82, 2.24) is 9.97 Å². The van der Waals surface area contributed by atoms with Crippen LogP contribution < -0.4 is 5.73 Å². The first-order chi connectivity index (χ1) is 12.6. The van der Waals surface area contributed by atoms with Crippen LogP contribution in [0.3, 0.4) is 0 Å². The number of hydrogen-bond acceptors (Lipinski definition) is 6. The van der Waals surface area contributed by atoms with Crippen molar-refractivity contribution in [3.05, 3.63) is 46.1 Å². The van der Waals surface area contributed by atoms with Crippen LogP contribution in [-0.4, -0.2) is 16.1 Å². The van der Waals surface area contributed by atoms with Gasteiger partial charge in [-0.05, 0) is 29.7 Å². The molecule has 1 aromatic carbocycles. The number of aromatic nitrogens is 2. The van der Waals surface area contributed by atoms with Crippen molar-refractivity contribution in [2.45, 2.75) is 49.8 Å². The lowest BCUT2D eigenvalue weighted by molar-refractivity contribution is 0.0254. The van der Waals surface area contributed by atoms with Gasteiger partial charge in [-0.3, -0.25) is 0 Å². The second kappa shape index (κ2) is 7.50. The van der Waals surface area contributed by atoms with Crippen LogP contribution in [0.5, 0.6) is 0 Å². The molecule has 3 heterocycles. The summed E-state index contributed by atoms with van der Waals surface area (Å²) in [6.45, 7) is 2.81. The molecule has 7 heteroatoms. The van der Waals surface area contributed by atoms with Crippen molar-refractivity contribution < 1.29 is 9.13 Å². The van der Waals surface area contributed by atoms with Crippen molar-refractivity contribution in [2.75, 3.05) is 5.73 Å². The van der Waals surface area contributed by atoms with Gasteiger partial charge >= 0.3 is 0 Å². The fourth-order valence-electron chi connectivity index (χ4n) is 3.22. The third kappa shape index (κ3) is 3.56. The summed E-state index contributed by atoms with van der Waals surface area (Å²) in [6, 6.07) is 6.49. The topological polar surface area (TPSA) is 61.0 Å². The first-order valence-electron chi connectivity index (χ1n) is 8.70. The average molecular weight is 390 g/mol. The number of thioether (sulfide) groups is 1. The molecule has 0 spiro atoms. The molecule has 0 unspecified atom stereocenters. The van der Waals surface area contributed by atoms with Gasteiger partial charge in [0, 0.05) is 17.1 Å². The van der Waals surface area contributed by atoms with E-state index in [2.05, 4.69) is 11.9 Å². The van der Waals surface area contributed by atoms with E-state index in [4.69, 9.17) is 15.5 Å².